The molecule has 0 aromatic heterocycles. The zero-order valence-corrected chi connectivity index (χ0v) is 18.0. The Labute approximate surface area is 171 Å². The Hall–Kier alpha value is -1.91. The summed E-state index contributed by atoms with van der Waals surface area (Å²) in [6.07, 6.45) is 9.17. The van der Waals surface area contributed by atoms with Gasteiger partial charge in [-0.25, -0.2) is 9.69 Å². The van der Waals surface area contributed by atoms with Crippen molar-refractivity contribution in [1.29, 1.82) is 0 Å². The highest BCUT2D eigenvalue weighted by molar-refractivity contribution is 6.52. The van der Waals surface area contributed by atoms with Crippen LogP contribution in [-0.4, -0.2) is 30.6 Å². The lowest BCUT2D eigenvalue weighted by Crippen LogP contribution is -2.37. The molecule has 5 heteroatoms. The first-order valence-corrected chi connectivity index (χ1v) is 10.9. The van der Waals surface area contributed by atoms with E-state index in [-0.39, 0.29) is 19.1 Å². The van der Waals surface area contributed by atoms with Crippen LogP contribution >= 0.6 is 0 Å². The molecule has 2 rings (SSSR count). The van der Waals surface area contributed by atoms with Crippen molar-refractivity contribution in [1.82, 2.24) is 4.90 Å². The summed E-state index contributed by atoms with van der Waals surface area (Å²) in [5.41, 5.74) is 1.20. The summed E-state index contributed by atoms with van der Waals surface area (Å²) in [5.74, 6) is 0.967. The van der Waals surface area contributed by atoms with E-state index < -0.39 is 0 Å². The molecule has 1 heterocycles. The fraction of sp³-hybridized carbons (Fsp3) is 0.609. The van der Waals surface area contributed by atoms with E-state index in [2.05, 4.69) is 45.9 Å². The molecule has 0 unspecified atom stereocenters. The highest BCUT2D eigenvalue weighted by Crippen LogP contribution is 2.26. The number of benzene rings is 1. The summed E-state index contributed by atoms with van der Waals surface area (Å²) in [6.45, 7) is 9.19. The number of allylic oxidation sites excluding steroid dienone is 1. The Morgan fingerprint density at radius 2 is 1.86 bits per heavy atom. The molecular formula is C23H36BNO3. The Bertz CT molecular complexity index is 610. The van der Waals surface area contributed by atoms with Crippen molar-refractivity contribution in [2.75, 3.05) is 6.61 Å². The topological polar surface area (TPSA) is 38.8 Å². The molecule has 1 saturated heterocycles. The number of amides is 1. The molecule has 1 fully saturated rings. The van der Waals surface area contributed by atoms with Crippen LogP contribution in [0.2, 0.25) is 12.6 Å². The lowest BCUT2D eigenvalue weighted by atomic mass is 9.59. The zero-order chi connectivity index (χ0) is 20.4. The summed E-state index contributed by atoms with van der Waals surface area (Å²) >= 11 is 0. The molecule has 1 aromatic carbocycles. The van der Waals surface area contributed by atoms with Gasteiger partial charge in [-0.05, 0) is 36.6 Å². The highest BCUT2D eigenvalue weighted by Gasteiger charge is 2.37. The van der Waals surface area contributed by atoms with E-state index in [9.17, 15) is 4.79 Å². The van der Waals surface area contributed by atoms with E-state index in [4.69, 9.17) is 9.39 Å². The maximum atomic E-state index is 12.6. The summed E-state index contributed by atoms with van der Waals surface area (Å²) in [7, 11) is 0. The summed E-state index contributed by atoms with van der Waals surface area (Å²) in [5, 5.41) is 0. The van der Waals surface area contributed by atoms with Gasteiger partial charge in [0, 0.05) is 0 Å². The van der Waals surface area contributed by atoms with Crippen LogP contribution in [0.15, 0.2) is 42.3 Å². The number of carbonyl (C=O) groups is 1. The SMILES string of the molecule is CCCCB(CCCC)O/C(=C\C(C)C)N1C(=O)OC[C@@H]1Cc1ccccc1. The van der Waals surface area contributed by atoms with E-state index in [0.29, 0.717) is 18.4 Å². The van der Waals surface area contributed by atoms with Gasteiger partial charge in [0.2, 0.25) is 0 Å². The number of hydrogen-bond acceptors (Lipinski definition) is 3. The molecular weight excluding hydrogens is 349 g/mol. The first kappa shape index (κ1) is 22.4. The Morgan fingerprint density at radius 1 is 1.21 bits per heavy atom. The molecule has 0 radical (unpaired) electrons. The normalized spacial score (nSPS) is 17.2. The van der Waals surface area contributed by atoms with Crippen LogP contribution in [0.4, 0.5) is 4.79 Å². The van der Waals surface area contributed by atoms with Gasteiger partial charge in [0.25, 0.3) is 0 Å². The Balaban J connectivity index is 2.19. The van der Waals surface area contributed by atoms with Crippen molar-refractivity contribution in [3.05, 3.63) is 47.9 Å². The molecule has 1 amide bonds. The van der Waals surface area contributed by atoms with Crippen molar-refractivity contribution in [3.8, 4) is 0 Å². The van der Waals surface area contributed by atoms with Crippen LogP contribution in [0.5, 0.6) is 0 Å². The average molecular weight is 385 g/mol. The van der Waals surface area contributed by atoms with Crippen LogP contribution in [0.25, 0.3) is 0 Å². The number of hydrogen-bond donors (Lipinski definition) is 0. The molecule has 0 aliphatic carbocycles. The Kier molecular flexibility index (Phi) is 9.46. The van der Waals surface area contributed by atoms with Crippen molar-refractivity contribution in [3.63, 3.8) is 0 Å². The van der Waals surface area contributed by atoms with E-state index in [1.807, 2.05) is 18.2 Å². The second-order valence-electron chi connectivity index (χ2n) is 8.06. The predicted molar refractivity (Wildman–Crippen MR) is 116 cm³/mol. The van der Waals surface area contributed by atoms with Gasteiger partial charge in [0.05, 0.1) is 6.04 Å². The van der Waals surface area contributed by atoms with Crippen LogP contribution in [0.3, 0.4) is 0 Å². The van der Waals surface area contributed by atoms with Crippen molar-refractivity contribution >= 4 is 13.0 Å². The number of unbranched alkanes of at least 4 members (excludes halogenated alkanes) is 2. The number of cyclic esters (lactones) is 1. The maximum absolute atomic E-state index is 12.6. The fourth-order valence-electron chi connectivity index (χ4n) is 3.52. The minimum Gasteiger partial charge on any atom is -0.549 e. The van der Waals surface area contributed by atoms with Gasteiger partial charge in [-0.1, -0.05) is 83.7 Å². The quantitative estimate of drug-likeness (QED) is 0.320. The summed E-state index contributed by atoms with van der Waals surface area (Å²) in [6, 6.07) is 10.2. The van der Waals surface area contributed by atoms with E-state index >= 15 is 0 Å². The molecule has 0 saturated carbocycles. The van der Waals surface area contributed by atoms with Crippen LogP contribution < -0.4 is 0 Å². The third-order valence-corrected chi connectivity index (χ3v) is 5.04. The van der Waals surface area contributed by atoms with Gasteiger partial charge < -0.3 is 9.39 Å². The first-order chi connectivity index (χ1) is 13.5. The Morgan fingerprint density at radius 3 is 2.43 bits per heavy atom. The number of rotatable bonds is 12. The zero-order valence-electron chi connectivity index (χ0n) is 18.0. The van der Waals surface area contributed by atoms with E-state index in [1.54, 1.807) is 4.90 Å². The molecule has 4 nitrogen and oxygen atoms in total. The number of carbonyl (C=O) groups excluding carboxylic acids is 1. The largest absolute Gasteiger partial charge is 0.549 e. The standard InChI is InChI=1S/C23H36BNO3/c1-5-7-14-24(15-8-6-2)28-22(16-19(3)4)25-21(18-27-23(25)26)17-20-12-10-9-11-13-20/h9-13,16,19,21H,5-8,14-15,17-18H2,1-4H3/b22-16-/t21-/m0/s1. The summed E-state index contributed by atoms with van der Waals surface area (Å²) < 4.78 is 11.9. The third-order valence-electron chi connectivity index (χ3n) is 5.04. The van der Waals surface area contributed by atoms with Gasteiger partial charge in [-0.15, -0.1) is 0 Å². The molecule has 28 heavy (non-hydrogen) atoms. The molecule has 1 atom stereocenters. The van der Waals surface area contributed by atoms with Gasteiger partial charge in [0.15, 0.2) is 5.88 Å². The third kappa shape index (κ3) is 6.92. The second kappa shape index (κ2) is 11.8. The van der Waals surface area contributed by atoms with Crippen LogP contribution in [-0.2, 0) is 15.8 Å². The minimum atomic E-state index is -0.294. The van der Waals surface area contributed by atoms with Crippen molar-refractivity contribution in [2.24, 2.45) is 5.92 Å². The minimum absolute atomic E-state index is 0.0297. The van der Waals surface area contributed by atoms with E-state index in [0.717, 1.165) is 44.7 Å². The first-order valence-electron chi connectivity index (χ1n) is 10.9. The molecule has 1 aromatic rings. The monoisotopic (exact) mass is 385 g/mol. The molecule has 1 aliphatic heterocycles. The lowest BCUT2D eigenvalue weighted by molar-refractivity contribution is 0.151. The number of ether oxygens (including phenoxy) is 1. The average Bonchev–Trinajstić information content (AvgIpc) is 3.03. The number of nitrogens with zero attached hydrogens (tertiary/aromatic N) is 1. The van der Waals surface area contributed by atoms with Crippen LogP contribution in [0, 0.1) is 5.92 Å². The van der Waals surface area contributed by atoms with Gasteiger partial charge in [0.1, 0.15) is 6.61 Å². The summed E-state index contributed by atoms with van der Waals surface area (Å²) in [4.78, 5) is 14.3. The van der Waals surface area contributed by atoms with E-state index in [1.165, 1.54) is 5.56 Å². The van der Waals surface area contributed by atoms with Crippen LogP contribution in [0.1, 0.15) is 58.9 Å². The molecule has 0 bridgehead atoms. The van der Waals surface area contributed by atoms with Gasteiger partial charge in [-0.3, -0.25) is 0 Å². The molecule has 0 spiro atoms. The predicted octanol–water partition coefficient (Wildman–Crippen LogP) is 6.16. The fourth-order valence-corrected chi connectivity index (χ4v) is 3.52. The lowest BCUT2D eigenvalue weighted by Gasteiger charge is -2.28. The van der Waals surface area contributed by atoms with Crippen molar-refractivity contribution in [2.45, 2.75) is 78.5 Å². The van der Waals surface area contributed by atoms with Crippen molar-refractivity contribution < 1.29 is 14.2 Å². The smallest absolute Gasteiger partial charge is 0.417 e. The van der Waals surface area contributed by atoms with Gasteiger partial charge in [-0.2, -0.15) is 0 Å². The van der Waals surface area contributed by atoms with Gasteiger partial charge >= 0.3 is 13.0 Å². The maximum Gasteiger partial charge on any atom is 0.417 e. The molecule has 1 aliphatic rings. The molecule has 154 valence electrons. The molecule has 0 N–H and O–H groups in total. The highest BCUT2D eigenvalue weighted by atomic mass is 16.6. The second-order valence-corrected chi connectivity index (χ2v) is 8.06.